The van der Waals surface area contributed by atoms with Gasteiger partial charge in [0.15, 0.2) is 0 Å². The van der Waals surface area contributed by atoms with Gasteiger partial charge in [-0.2, -0.15) is 0 Å². The first-order valence-corrected chi connectivity index (χ1v) is 24.8. The molecular weight excluding hydrogens is 861 g/mol. The van der Waals surface area contributed by atoms with Crippen molar-refractivity contribution in [3.63, 3.8) is 0 Å². The quantitative estimate of drug-likeness (QED) is 0.121. The molecule has 0 aliphatic heterocycles. The Labute approximate surface area is 417 Å². The van der Waals surface area contributed by atoms with E-state index in [-0.39, 0.29) is 0 Å². The van der Waals surface area contributed by atoms with E-state index < -0.39 is 0 Å². The molecule has 0 spiro atoms. The van der Waals surface area contributed by atoms with Crippen LogP contribution in [-0.2, 0) is 0 Å². The zero-order chi connectivity index (χ0) is 47.5. The summed E-state index contributed by atoms with van der Waals surface area (Å²) in [5.74, 6) is 0.803. The van der Waals surface area contributed by atoms with Crippen molar-refractivity contribution < 1.29 is 0 Å². The molecule has 0 N–H and O–H groups in total. The number of hydrogen-bond acceptors (Lipinski definition) is 4. The topological polar surface area (TPSA) is 13.0 Å². The predicted molar refractivity (Wildman–Crippen MR) is 302 cm³/mol. The molecule has 12 rings (SSSR count). The Morgan fingerprint density at radius 1 is 0.366 bits per heavy atom. The van der Waals surface area contributed by atoms with Gasteiger partial charge in [-0.3, -0.25) is 0 Å². The van der Waals surface area contributed by atoms with Crippen LogP contribution in [-0.4, -0.2) is 0 Å². The van der Waals surface area contributed by atoms with E-state index >= 15 is 0 Å². The Morgan fingerprint density at radius 2 is 0.789 bits per heavy atom. The Hall–Kier alpha value is -8.86. The van der Waals surface area contributed by atoms with Crippen LogP contribution in [0, 0.1) is 11.8 Å². The van der Waals surface area contributed by atoms with E-state index in [1.54, 1.807) is 0 Å². The van der Waals surface area contributed by atoms with Gasteiger partial charge >= 0.3 is 0 Å². The van der Waals surface area contributed by atoms with Crippen molar-refractivity contribution in [1.82, 2.24) is 0 Å². The molecule has 0 fully saturated rings. The maximum Gasteiger partial charge on any atom is 0.0468 e. The van der Waals surface area contributed by atoms with Crippen molar-refractivity contribution in [1.29, 1.82) is 0 Å². The fraction of sp³-hybridized carbons (Fsp3) is 0.0746. The van der Waals surface area contributed by atoms with Crippen LogP contribution in [0.4, 0.5) is 56.9 Å². The van der Waals surface area contributed by atoms with Crippen molar-refractivity contribution in [2.45, 2.75) is 19.8 Å². The average molecular weight is 915 g/mol. The number of anilines is 10. The number of hydrogen-bond donors (Lipinski definition) is 0. The first kappa shape index (κ1) is 43.4. The summed E-state index contributed by atoms with van der Waals surface area (Å²) in [4.78, 5) is 9.54. The molecule has 2 atom stereocenters. The molecule has 3 aliphatic carbocycles. The van der Waals surface area contributed by atoms with Crippen LogP contribution in [0.2, 0.25) is 0 Å². The lowest BCUT2D eigenvalue weighted by Gasteiger charge is -2.33. The molecule has 0 amide bonds. The lowest BCUT2D eigenvalue weighted by Crippen LogP contribution is -2.21. The second kappa shape index (κ2) is 19.3. The van der Waals surface area contributed by atoms with Crippen molar-refractivity contribution >= 4 is 78.4 Å². The van der Waals surface area contributed by atoms with E-state index in [9.17, 15) is 0 Å². The lowest BCUT2D eigenvalue weighted by molar-refractivity contribution is 0.726. The van der Waals surface area contributed by atoms with Crippen LogP contribution in [0.3, 0.4) is 0 Å². The maximum atomic E-state index is 2.42. The molecular formula is C67H54N4. The Kier molecular flexibility index (Phi) is 11.8. The third-order valence-corrected chi connectivity index (χ3v) is 14.0. The van der Waals surface area contributed by atoms with E-state index in [2.05, 4.69) is 300 Å². The summed E-state index contributed by atoms with van der Waals surface area (Å²) < 4.78 is 0. The molecule has 71 heavy (non-hydrogen) atoms. The number of benzene rings is 9. The van der Waals surface area contributed by atoms with Crippen molar-refractivity contribution in [2.75, 3.05) is 19.6 Å². The zero-order valence-corrected chi connectivity index (χ0v) is 39.8. The van der Waals surface area contributed by atoms with Gasteiger partial charge in [-0.05, 0) is 179 Å². The van der Waals surface area contributed by atoms with E-state index in [1.165, 1.54) is 38.5 Å². The van der Waals surface area contributed by atoms with Crippen LogP contribution in [0.25, 0.3) is 21.5 Å². The predicted octanol–water partition coefficient (Wildman–Crippen LogP) is 18.6. The highest BCUT2D eigenvalue weighted by atomic mass is 15.2. The standard InChI is InChI=1S/C67H54N4/c1-49-15-14-26-64(45-49)71(67-32-29-52-18-10-13-21-55(52)48-67)63-43-37-60(38-44-63)68(58-33-39-61(40-34-58)69(56-22-4-2-5-23-56)65-30-27-50-16-8-11-19-53(50)46-65)59-35-41-62(42-36-59)70(57-24-6-3-7-25-57)66-31-28-51-17-9-12-20-54(51)47-66/h2-14,16-46,48-49,54H,15,47H2,1H3. The Balaban J connectivity index is 0.952. The number of fused-ring (bicyclic) bond motifs is 3. The monoisotopic (exact) mass is 914 g/mol. The highest BCUT2D eigenvalue weighted by Gasteiger charge is 2.24. The maximum absolute atomic E-state index is 2.42. The normalized spacial score (nSPS) is 15.9. The minimum Gasteiger partial charge on any atom is -0.314 e. The van der Waals surface area contributed by atoms with Gasteiger partial charge in [-0.15, -0.1) is 0 Å². The van der Waals surface area contributed by atoms with Crippen LogP contribution in [0.15, 0.2) is 290 Å². The fourth-order valence-electron chi connectivity index (χ4n) is 10.4. The summed E-state index contributed by atoms with van der Waals surface area (Å²) in [7, 11) is 0. The van der Waals surface area contributed by atoms with E-state index in [1.807, 2.05) is 0 Å². The molecule has 0 bridgehead atoms. The van der Waals surface area contributed by atoms with Crippen LogP contribution < -0.4 is 19.6 Å². The Bertz CT molecular complexity index is 3550. The fourth-order valence-corrected chi connectivity index (χ4v) is 10.4. The SMILES string of the molecule is CC1C=C(N(c2ccc(N(c3ccc(N(C4=CC=C5C=CC=CC5C4)c4ccccc4)cc3)c3ccc(N(c4ccccc4)c4ccc5ccccc5c4)cc3)cc2)c2ccc3ccccc3c2)C=CC1. The van der Waals surface area contributed by atoms with Gasteiger partial charge in [-0.1, -0.05) is 147 Å². The number of para-hydroxylation sites is 2. The van der Waals surface area contributed by atoms with Gasteiger partial charge in [0.05, 0.1) is 0 Å². The molecule has 4 nitrogen and oxygen atoms in total. The molecule has 0 heterocycles. The minimum atomic E-state index is 0.358. The number of rotatable bonds is 12. The summed E-state index contributed by atoms with van der Waals surface area (Å²) in [5.41, 5.74) is 14.8. The summed E-state index contributed by atoms with van der Waals surface area (Å²) in [6.07, 6.45) is 22.4. The van der Waals surface area contributed by atoms with Gasteiger partial charge in [0.2, 0.25) is 0 Å². The molecule has 0 saturated carbocycles. The molecule has 9 aromatic carbocycles. The molecule has 9 aromatic rings. The molecule has 4 heteroatoms. The molecule has 3 aliphatic rings. The highest BCUT2D eigenvalue weighted by Crippen LogP contribution is 2.44. The highest BCUT2D eigenvalue weighted by molar-refractivity contribution is 5.91. The molecule has 2 unspecified atom stereocenters. The van der Waals surface area contributed by atoms with Crippen LogP contribution >= 0.6 is 0 Å². The van der Waals surface area contributed by atoms with Crippen LogP contribution in [0.5, 0.6) is 0 Å². The first-order chi connectivity index (χ1) is 35.1. The third-order valence-electron chi connectivity index (χ3n) is 14.0. The average Bonchev–Trinajstić information content (AvgIpc) is 3.43. The van der Waals surface area contributed by atoms with Gasteiger partial charge in [0, 0.05) is 74.2 Å². The van der Waals surface area contributed by atoms with Crippen LogP contribution in [0.1, 0.15) is 19.8 Å². The molecule has 0 radical (unpaired) electrons. The first-order valence-electron chi connectivity index (χ1n) is 24.8. The van der Waals surface area contributed by atoms with Crippen molar-refractivity contribution in [3.8, 4) is 0 Å². The Morgan fingerprint density at radius 3 is 1.32 bits per heavy atom. The summed E-state index contributed by atoms with van der Waals surface area (Å²) in [6, 6.07) is 79.3. The van der Waals surface area contributed by atoms with Gasteiger partial charge in [0.1, 0.15) is 0 Å². The van der Waals surface area contributed by atoms with E-state index in [0.717, 1.165) is 69.7 Å². The second-order valence-corrected chi connectivity index (χ2v) is 18.7. The summed E-state index contributed by atoms with van der Waals surface area (Å²) in [6.45, 7) is 2.30. The summed E-state index contributed by atoms with van der Waals surface area (Å²) >= 11 is 0. The molecule has 342 valence electrons. The zero-order valence-electron chi connectivity index (χ0n) is 39.8. The largest absolute Gasteiger partial charge is 0.314 e. The second-order valence-electron chi connectivity index (χ2n) is 18.7. The van der Waals surface area contributed by atoms with Gasteiger partial charge < -0.3 is 19.6 Å². The number of allylic oxidation sites excluding steroid dienone is 11. The van der Waals surface area contributed by atoms with Crippen molar-refractivity contribution in [3.05, 3.63) is 290 Å². The third kappa shape index (κ3) is 8.88. The van der Waals surface area contributed by atoms with E-state index in [0.29, 0.717) is 11.8 Å². The summed E-state index contributed by atoms with van der Waals surface area (Å²) in [5, 5.41) is 4.89. The van der Waals surface area contributed by atoms with Gasteiger partial charge in [-0.25, -0.2) is 0 Å². The minimum absolute atomic E-state index is 0.358. The smallest absolute Gasteiger partial charge is 0.0468 e. The van der Waals surface area contributed by atoms with Crippen molar-refractivity contribution in [2.24, 2.45) is 11.8 Å². The van der Waals surface area contributed by atoms with Gasteiger partial charge in [0.25, 0.3) is 0 Å². The molecule has 0 saturated heterocycles. The van der Waals surface area contributed by atoms with E-state index in [4.69, 9.17) is 0 Å². The lowest BCUT2D eigenvalue weighted by atomic mass is 9.86. The number of nitrogens with zero attached hydrogens (tertiary/aromatic N) is 4. The molecule has 0 aromatic heterocycles.